The van der Waals surface area contributed by atoms with Gasteiger partial charge in [-0.1, -0.05) is 36.4 Å². The first-order valence-electron chi connectivity index (χ1n) is 6.65. The first-order valence-corrected chi connectivity index (χ1v) is 6.65. The minimum absolute atomic E-state index is 0.670. The smallest absolute Gasteiger partial charge is 0.194 e. The molecular formula is C16H20N4. The highest BCUT2D eigenvalue weighted by Gasteiger charge is 2.02. The standard InChI is InChI=1S/C16H20N4/c1-20(2)16(18-12-14-8-4-3-5-9-14)19-13-15-10-6-7-11-17-15/h3-11H,12-13H2,1-2H3,(H,18,19). The molecule has 0 amide bonds. The van der Waals surface area contributed by atoms with Gasteiger partial charge >= 0.3 is 0 Å². The van der Waals surface area contributed by atoms with Gasteiger partial charge in [-0.05, 0) is 17.7 Å². The Balaban J connectivity index is 1.96. The van der Waals surface area contributed by atoms with Gasteiger partial charge in [-0.25, -0.2) is 4.99 Å². The van der Waals surface area contributed by atoms with Gasteiger partial charge in [0.05, 0.1) is 18.8 Å². The molecule has 2 aromatic rings. The number of nitrogens with one attached hydrogen (secondary N) is 1. The molecule has 0 spiro atoms. The van der Waals surface area contributed by atoms with Gasteiger partial charge in [0.15, 0.2) is 5.96 Å². The summed E-state index contributed by atoms with van der Waals surface area (Å²) in [5.41, 5.74) is 2.20. The average molecular weight is 268 g/mol. The third-order valence-corrected chi connectivity index (χ3v) is 2.83. The van der Waals surface area contributed by atoms with Crippen LogP contribution in [0.15, 0.2) is 59.7 Å². The van der Waals surface area contributed by atoms with E-state index in [4.69, 9.17) is 0 Å². The minimum atomic E-state index is 0.670. The molecule has 1 aromatic heterocycles. The van der Waals surface area contributed by atoms with E-state index in [0.717, 1.165) is 11.7 Å². The molecule has 0 radical (unpaired) electrons. The van der Waals surface area contributed by atoms with Crippen LogP contribution in [-0.4, -0.2) is 29.9 Å². The molecule has 0 aliphatic rings. The van der Waals surface area contributed by atoms with Crippen molar-refractivity contribution in [3.8, 4) is 0 Å². The van der Waals surface area contributed by atoms with Crippen LogP contribution < -0.4 is 5.32 Å². The summed E-state index contributed by atoms with van der Waals surface area (Å²) in [6.45, 7) is 1.34. The van der Waals surface area contributed by atoms with Crippen molar-refractivity contribution in [1.82, 2.24) is 15.2 Å². The molecule has 0 bridgehead atoms. The van der Waals surface area contributed by atoms with Crippen molar-refractivity contribution in [3.63, 3.8) is 0 Å². The van der Waals surface area contributed by atoms with Gasteiger partial charge in [-0.15, -0.1) is 0 Å². The number of hydrogen-bond donors (Lipinski definition) is 1. The molecule has 2 rings (SSSR count). The number of pyridine rings is 1. The first-order chi connectivity index (χ1) is 9.75. The number of guanidine groups is 1. The Morgan fingerprint density at radius 3 is 2.50 bits per heavy atom. The Bertz CT molecular complexity index is 535. The molecule has 0 fully saturated rings. The van der Waals surface area contributed by atoms with Crippen LogP contribution in [0.3, 0.4) is 0 Å². The van der Waals surface area contributed by atoms with E-state index in [9.17, 15) is 0 Å². The van der Waals surface area contributed by atoms with Crippen molar-refractivity contribution in [2.45, 2.75) is 13.1 Å². The molecule has 4 nitrogen and oxygen atoms in total. The Labute approximate surface area is 120 Å². The van der Waals surface area contributed by atoms with E-state index < -0.39 is 0 Å². The Morgan fingerprint density at radius 2 is 1.85 bits per heavy atom. The van der Waals surface area contributed by atoms with Crippen molar-refractivity contribution in [3.05, 3.63) is 66.0 Å². The predicted octanol–water partition coefficient (Wildman–Crippen LogP) is 2.29. The molecule has 1 aromatic carbocycles. The van der Waals surface area contributed by atoms with Gasteiger partial charge in [0.1, 0.15) is 0 Å². The van der Waals surface area contributed by atoms with Crippen molar-refractivity contribution in [2.24, 2.45) is 4.99 Å². The summed E-state index contributed by atoms with van der Waals surface area (Å²) in [6, 6.07) is 16.1. The van der Waals surface area contributed by atoms with Gasteiger partial charge in [-0.2, -0.15) is 0 Å². The van der Waals surface area contributed by atoms with Crippen LogP contribution in [0.4, 0.5) is 0 Å². The second-order valence-corrected chi connectivity index (χ2v) is 4.69. The molecule has 0 unspecified atom stereocenters. The monoisotopic (exact) mass is 268 g/mol. The maximum atomic E-state index is 4.61. The van der Waals surface area contributed by atoms with Crippen LogP contribution in [0.25, 0.3) is 0 Å². The summed E-state index contributed by atoms with van der Waals surface area (Å²) in [5.74, 6) is 0.861. The van der Waals surface area contributed by atoms with Crippen LogP contribution in [0, 0.1) is 0 Å². The SMILES string of the molecule is CN(C)C(=NCc1ccccc1)NCc1ccccn1. The maximum absolute atomic E-state index is 4.61. The molecule has 0 saturated heterocycles. The Morgan fingerprint density at radius 1 is 1.10 bits per heavy atom. The third kappa shape index (κ3) is 4.39. The van der Waals surface area contributed by atoms with E-state index in [1.807, 2.05) is 55.4 Å². The van der Waals surface area contributed by atoms with Crippen molar-refractivity contribution < 1.29 is 0 Å². The zero-order valence-electron chi connectivity index (χ0n) is 12.0. The number of benzene rings is 1. The molecule has 20 heavy (non-hydrogen) atoms. The summed E-state index contributed by atoms with van der Waals surface area (Å²) < 4.78 is 0. The third-order valence-electron chi connectivity index (χ3n) is 2.83. The van der Waals surface area contributed by atoms with Crippen LogP contribution in [0.2, 0.25) is 0 Å². The van der Waals surface area contributed by atoms with Crippen LogP contribution in [0.1, 0.15) is 11.3 Å². The van der Waals surface area contributed by atoms with Gasteiger partial charge in [0.25, 0.3) is 0 Å². The van der Waals surface area contributed by atoms with E-state index >= 15 is 0 Å². The summed E-state index contributed by atoms with van der Waals surface area (Å²) in [5, 5.41) is 3.32. The quantitative estimate of drug-likeness (QED) is 0.683. The second kappa shape index (κ2) is 7.28. The summed E-state index contributed by atoms with van der Waals surface area (Å²) in [6.07, 6.45) is 1.80. The lowest BCUT2D eigenvalue weighted by atomic mass is 10.2. The Kier molecular flexibility index (Phi) is 5.12. The molecule has 1 N–H and O–H groups in total. The van der Waals surface area contributed by atoms with Crippen molar-refractivity contribution in [1.29, 1.82) is 0 Å². The lowest BCUT2D eigenvalue weighted by molar-refractivity contribution is 0.577. The highest BCUT2D eigenvalue weighted by molar-refractivity contribution is 5.79. The summed E-state index contributed by atoms with van der Waals surface area (Å²) in [7, 11) is 3.96. The predicted molar refractivity (Wildman–Crippen MR) is 82.3 cm³/mol. The fourth-order valence-electron chi connectivity index (χ4n) is 1.78. The van der Waals surface area contributed by atoms with Crippen molar-refractivity contribution >= 4 is 5.96 Å². The number of aromatic nitrogens is 1. The lowest BCUT2D eigenvalue weighted by Gasteiger charge is -2.17. The number of hydrogen-bond acceptors (Lipinski definition) is 2. The van der Waals surface area contributed by atoms with Crippen LogP contribution in [0.5, 0.6) is 0 Å². The van der Waals surface area contributed by atoms with Crippen molar-refractivity contribution in [2.75, 3.05) is 14.1 Å². The van der Waals surface area contributed by atoms with E-state index in [1.54, 1.807) is 6.20 Å². The molecule has 104 valence electrons. The summed E-state index contributed by atoms with van der Waals surface area (Å²) in [4.78, 5) is 10.9. The van der Waals surface area contributed by atoms with Gasteiger partial charge in [0, 0.05) is 20.3 Å². The lowest BCUT2D eigenvalue weighted by Crippen LogP contribution is -2.36. The number of nitrogens with zero attached hydrogens (tertiary/aromatic N) is 3. The highest BCUT2D eigenvalue weighted by atomic mass is 15.3. The highest BCUT2D eigenvalue weighted by Crippen LogP contribution is 2.01. The average Bonchev–Trinajstić information content (AvgIpc) is 2.49. The molecular weight excluding hydrogens is 248 g/mol. The van der Waals surface area contributed by atoms with E-state index in [1.165, 1.54) is 5.56 Å². The molecule has 0 aliphatic carbocycles. The minimum Gasteiger partial charge on any atom is -0.351 e. The topological polar surface area (TPSA) is 40.5 Å². The molecule has 0 aliphatic heterocycles. The first kappa shape index (κ1) is 14.1. The molecule has 0 saturated carbocycles. The van der Waals surface area contributed by atoms with E-state index in [-0.39, 0.29) is 0 Å². The van der Waals surface area contributed by atoms with Gasteiger partial charge in [-0.3, -0.25) is 4.98 Å². The molecule has 0 atom stereocenters. The van der Waals surface area contributed by atoms with E-state index in [0.29, 0.717) is 13.1 Å². The zero-order valence-corrected chi connectivity index (χ0v) is 12.0. The van der Waals surface area contributed by atoms with Crippen LogP contribution in [-0.2, 0) is 13.1 Å². The van der Waals surface area contributed by atoms with E-state index in [2.05, 4.69) is 27.4 Å². The second-order valence-electron chi connectivity index (χ2n) is 4.69. The molecule has 1 heterocycles. The fraction of sp³-hybridized carbons (Fsp3) is 0.250. The number of rotatable bonds is 4. The summed E-state index contributed by atoms with van der Waals surface area (Å²) >= 11 is 0. The normalized spacial score (nSPS) is 11.2. The Hall–Kier alpha value is -2.36. The zero-order chi connectivity index (χ0) is 14.2. The van der Waals surface area contributed by atoms with Crippen LogP contribution >= 0.6 is 0 Å². The fourth-order valence-corrected chi connectivity index (χ4v) is 1.78. The number of aliphatic imine (C=N–C) groups is 1. The van der Waals surface area contributed by atoms with Gasteiger partial charge in [0.2, 0.25) is 0 Å². The largest absolute Gasteiger partial charge is 0.351 e. The van der Waals surface area contributed by atoms with Gasteiger partial charge < -0.3 is 10.2 Å². The molecule has 4 heteroatoms. The maximum Gasteiger partial charge on any atom is 0.194 e.